The van der Waals surface area contributed by atoms with Gasteiger partial charge < -0.3 is 50.2 Å². The minimum atomic E-state index is -4.65. The van der Waals surface area contributed by atoms with Gasteiger partial charge in [-0.15, -0.1) is 35.9 Å². The number of anilines is 1. The molecule has 34 nitrogen and oxygen atoms in total. The standard InChI is InChI=1S/C44H50N2O7S2.C36H59FN10O9S.2O3S/c1-7-16-31(47)17-11-10-14-28-46-37-26-23-30-22-24-32(54(48,49)50)29-35(30)42(37)44(5,6)40(46)21-13-9-12-20-39-43(3,4)41-34-18-15-19-38(55(51,52)53)33(34)25-27-36(41)45(39)8-2;1-5-6-9-32(40-33(48)26-46-23-28(41-44-46)8-7-14-37)36(50)39-15-17-54-19-21-56-22-20-55-18-16-45-24-29(42-43-45)25-47(34(27(2)3)35(38)49)57(51,52)31-12-10-30(53-4)11-13-31;2*1-4(2)3/h9,12-13,15,18-27,29H,7-8,10-11,14,16-17,28H2,1-6H3,(H-,48,49,50,51,52,53);10-13,23-24,27,32,34,41,44H,5-9,14-22,25-26H2,1-4H3,(H2,38,49)(H,39,50)(H,40,48);;/t;32-,34-;;/m.1../s1. The molecule has 0 aliphatic carbocycles. The molecule has 40 heteroatoms. The maximum absolute atomic E-state index is 13.7. The number of nitrogens with two attached hydrogens (primary N) is 1. The molecule has 1 aromatic heterocycles. The van der Waals surface area contributed by atoms with Crippen LogP contribution in [0.5, 0.6) is 5.75 Å². The van der Waals surface area contributed by atoms with Crippen molar-refractivity contribution in [2.75, 3.05) is 84.5 Å². The van der Waals surface area contributed by atoms with Crippen molar-refractivity contribution >= 4 is 114 Å². The average molecular weight is 1770 g/mol. The number of amides is 3. The van der Waals surface area contributed by atoms with Crippen LogP contribution in [0.25, 0.3) is 21.5 Å². The number of halogens is 1. The maximum Gasteiger partial charge on any atom is 0.425 e. The number of Topliss-reactive ketones (excluding diaryl/α,β-unsaturated/α-hetero) is 1. The number of fused-ring (bicyclic) bond motifs is 6. The number of rotatable bonds is 44. The van der Waals surface area contributed by atoms with Gasteiger partial charge in [0, 0.05) is 90.3 Å². The minimum absolute atomic E-state index is 0.0132. The summed E-state index contributed by atoms with van der Waals surface area (Å²) in [6.45, 7) is 21.2. The van der Waals surface area contributed by atoms with Gasteiger partial charge in [-0.3, -0.25) is 33.1 Å². The lowest BCUT2D eigenvalue weighted by atomic mass is 9.79. The largest absolute Gasteiger partial charge is 0.744 e. The van der Waals surface area contributed by atoms with Crippen molar-refractivity contribution in [3.63, 3.8) is 0 Å². The summed E-state index contributed by atoms with van der Waals surface area (Å²) in [6, 6.07) is 21.3. The molecule has 658 valence electrons. The van der Waals surface area contributed by atoms with E-state index in [1.165, 1.54) is 54.3 Å². The Morgan fingerprint density at radius 2 is 1.42 bits per heavy atom. The highest BCUT2D eigenvalue weighted by Crippen LogP contribution is 2.51. The predicted molar refractivity (Wildman–Crippen MR) is 445 cm³/mol. The number of likely N-dealkylation sites (N-methyl/N-ethyl adjacent to an activating group) is 1. The first-order valence-electron chi connectivity index (χ1n) is 39.1. The topological polar surface area (TPSA) is 471 Å². The zero-order valence-corrected chi connectivity index (χ0v) is 73.1. The van der Waals surface area contributed by atoms with E-state index in [0.717, 1.165) is 98.6 Å². The van der Waals surface area contributed by atoms with Crippen LogP contribution in [0.1, 0.15) is 150 Å². The van der Waals surface area contributed by atoms with E-state index in [0.29, 0.717) is 101 Å². The zero-order valence-electron chi connectivity index (χ0n) is 69.0. The van der Waals surface area contributed by atoms with Crippen molar-refractivity contribution in [3.05, 3.63) is 156 Å². The molecule has 0 radical (unpaired) electrons. The second-order valence-corrected chi connectivity index (χ2v) is 34.9. The van der Waals surface area contributed by atoms with Crippen molar-refractivity contribution in [3.8, 4) is 5.75 Å². The quantitative estimate of drug-likeness (QED) is 0.00912. The number of benzene rings is 5. The lowest BCUT2D eigenvalue weighted by Gasteiger charge is -2.30. The molecule has 7 N–H and O–H groups in total. The van der Waals surface area contributed by atoms with Crippen molar-refractivity contribution in [2.24, 2.45) is 11.7 Å². The summed E-state index contributed by atoms with van der Waals surface area (Å²) in [5.74, 6) is -1.01. The third-order valence-electron chi connectivity index (χ3n) is 19.8. The molecular weight excluding hydrogens is 1660 g/mol. The van der Waals surface area contributed by atoms with Crippen molar-refractivity contribution in [2.45, 2.75) is 184 Å². The highest BCUT2D eigenvalue weighted by Gasteiger charge is 2.46. The van der Waals surface area contributed by atoms with Gasteiger partial charge in [0.15, 0.2) is 5.71 Å². The normalized spacial score (nSPS) is 15.0. The second-order valence-electron chi connectivity index (χ2n) is 29.4. The Hall–Kier alpha value is -9.59. The van der Waals surface area contributed by atoms with E-state index >= 15 is 0 Å². The summed E-state index contributed by atoms with van der Waals surface area (Å²) in [7, 11) is -18.0. The van der Waals surface area contributed by atoms with Crippen LogP contribution in [0.15, 0.2) is 154 Å². The fourth-order valence-corrected chi connectivity index (χ4v) is 17.3. The average Bonchev–Trinajstić information content (AvgIpc) is 1.57. The Kier molecular flexibility index (Phi) is 38.9. The van der Waals surface area contributed by atoms with E-state index in [-0.39, 0.29) is 59.3 Å². The molecule has 4 heterocycles. The zero-order chi connectivity index (χ0) is 88.7. The van der Waals surface area contributed by atoms with Crippen molar-refractivity contribution in [1.82, 2.24) is 45.9 Å². The van der Waals surface area contributed by atoms with E-state index in [1.54, 1.807) is 49.5 Å². The van der Waals surface area contributed by atoms with Gasteiger partial charge in [-0.05, 0) is 148 Å². The van der Waals surface area contributed by atoms with Crippen LogP contribution in [0, 0.1) is 5.92 Å². The molecule has 3 amide bonds. The van der Waals surface area contributed by atoms with Crippen LogP contribution >= 0.6 is 0 Å². The summed E-state index contributed by atoms with van der Waals surface area (Å²) in [6.07, 6.45) is 21.2. The molecule has 6 aromatic rings. The van der Waals surface area contributed by atoms with Crippen LogP contribution in [-0.2, 0) is 109 Å². The lowest BCUT2D eigenvalue weighted by molar-refractivity contribution is -0.438. The number of unbranched alkanes of at least 4 members (excludes halogenated alkanes) is 3. The molecule has 9 rings (SSSR count). The Bertz CT molecular complexity index is 5280. The second kappa shape index (κ2) is 47.0. The number of ether oxygens (including phenoxy) is 4. The highest BCUT2D eigenvalue weighted by molar-refractivity contribution is 7.89. The van der Waals surface area contributed by atoms with Gasteiger partial charge in [0.2, 0.25) is 33.4 Å². The number of hydrogen-bond acceptors (Lipinski definition) is 27. The monoisotopic (exact) mass is 1770 g/mol. The van der Waals surface area contributed by atoms with Gasteiger partial charge in [0.1, 0.15) is 51.7 Å². The number of carbonyl (C=O) groups excluding carboxylic acids is 4. The van der Waals surface area contributed by atoms with Gasteiger partial charge in [0.05, 0.1) is 87.4 Å². The summed E-state index contributed by atoms with van der Waals surface area (Å²) in [5, 5.41) is 18.2. The number of alkyl halides is 1. The third kappa shape index (κ3) is 28.5. The molecule has 0 fully saturated rings. The molecule has 3 aliphatic heterocycles. The molecule has 2 atom stereocenters. The number of allylic oxidation sites excluding steroid dienone is 7. The molecule has 3 aliphatic rings. The molecule has 0 unspecified atom stereocenters. The number of carbonyl (C=O) groups is 4. The minimum Gasteiger partial charge on any atom is -0.744 e. The van der Waals surface area contributed by atoms with Crippen molar-refractivity contribution in [1.29, 1.82) is 0 Å². The Morgan fingerprint density at radius 1 is 0.758 bits per heavy atom. The molecule has 120 heavy (non-hydrogen) atoms. The molecule has 0 saturated heterocycles. The Balaban J connectivity index is 0.000000341. The van der Waals surface area contributed by atoms with E-state index in [4.69, 9.17) is 49.9 Å². The third-order valence-corrected chi connectivity index (χ3v) is 23.3. The maximum atomic E-state index is 13.7. The van der Waals surface area contributed by atoms with Gasteiger partial charge >= 0.3 is 21.2 Å². The first-order valence-corrected chi connectivity index (χ1v) is 45.4. The molecule has 0 spiro atoms. The first-order chi connectivity index (χ1) is 56.8. The summed E-state index contributed by atoms with van der Waals surface area (Å²) < 4.78 is 188. The van der Waals surface area contributed by atoms with Crippen LogP contribution in [0.2, 0.25) is 0 Å². The molecular formula is C80H109FN12O22S5. The van der Waals surface area contributed by atoms with Crippen LogP contribution in [0.3, 0.4) is 0 Å². The summed E-state index contributed by atoms with van der Waals surface area (Å²) >= 11 is 0. The lowest BCUT2D eigenvalue weighted by Crippen LogP contribution is -2.51. The van der Waals surface area contributed by atoms with E-state index in [9.17, 15) is 57.9 Å². The SMILES string of the molecule is CCCC(=O)CCCCC[N+]1=C(/C=C/C=C/C=C2\N(CC)c3ccc4c(S(=O)(=O)O)cccc4c3C2(C)C)C(C)(C)c2c1ccc1ccc(S(=O)(=O)[O-])cc21.CCCC[C@@H](NC(=O)CN1C=C(CCCF)NN1)C(=O)NCCOCCOCCOCCn1cc(CN([C@@H](C(N)=O)C(C)C)S(=O)(=O)c2ccc(OC)cc2)nn1.O=S(=O)=O.O=S(=O)=O. The molecule has 0 bridgehead atoms. The number of nitrogens with zero attached hydrogens (tertiary/aromatic N) is 7. The number of methoxy groups -OCH3 is 1. The van der Waals surface area contributed by atoms with E-state index in [1.807, 2.05) is 50.3 Å². The Labute approximate surface area is 703 Å². The summed E-state index contributed by atoms with van der Waals surface area (Å²) in [4.78, 5) is 51.8. The fourth-order valence-electron chi connectivity index (χ4n) is 14.4. The number of aromatic nitrogens is 3. The van der Waals surface area contributed by atoms with Crippen LogP contribution in [0.4, 0.5) is 15.8 Å². The molecule has 0 saturated carbocycles. The number of primary amides is 1. The van der Waals surface area contributed by atoms with E-state index in [2.05, 4.69) is 94.2 Å². The number of hydrogen-bond donors (Lipinski definition) is 6. The van der Waals surface area contributed by atoms with E-state index < -0.39 is 92.9 Å². The van der Waals surface area contributed by atoms with Crippen LogP contribution in [-0.4, -0.2) is 209 Å². The number of ketones is 1. The van der Waals surface area contributed by atoms with Gasteiger partial charge in [-0.1, -0.05) is 102 Å². The van der Waals surface area contributed by atoms with Gasteiger partial charge in [-0.25, -0.2) is 21.5 Å². The van der Waals surface area contributed by atoms with Crippen LogP contribution < -0.4 is 37.0 Å². The van der Waals surface area contributed by atoms with Gasteiger partial charge in [0.25, 0.3) is 10.1 Å². The van der Waals surface area contributed by atoms with Gasteiger partial charge in [-0.2, -0.15) is 17.3 Å². The fraction of sp³-hybridized carbons (Fsp3) is 0.487. The number of sulfonamides is 1. The smallest absolute Gasteiger partial charge is 0.425 e. The predicted octanol–water partition coefficient (Wildman–Crippen LogP) is 8.00. The molecule has 5 aromatic carbocycles. The highest BCUT2D eigenvalue weighted by atomic mass is 32.2. The number of hydrazine groups is 2. The first kappa shape index (κ1) is 99.2. The van der Waals surface area contributed by atoms with Crippen molar-refractivity contribution < 1.29 is 107 Å². The Morgan fingerprint density at radius 3 is 2.03 bits per heavy atom. The number of nitrogens with one attached hydrogen (secondary N) is 4. The summed E-state index contributed by atoms with van der Waals surface area (Å²) in [5.41, 5.74) is 17.5.